The highest BCUT2D eigenvalue weighted by molar-refractivity contribution is 6.17. The van der Waals surface area contributed by atoms with Crippen LogP contribution in [0.3, 0.4) is 0 Å². The number of hydrogen-bond acceptors (Lipinski definition) is 4. The van der Waals surface area contributed by atoms with Crippen LogP contribution in [0, 0.1) is 0 Å². The highest BCUT2D eigenvalue weighted by Crippen LogP contribution is 2.28. The standard InChI is InChI=1S/C26H32ClN3O3/c1-4-6-18-29(24(31)12-9-17-27)23(5-2)25-28-22-11-8-7-10-21(22)26(32)30(25)19-13-15-20(33-3)16-14-19/h7-8,10-11,13-16,23H,4-6,9,12,17-18H2,1-3H3. The minimum Gasteiger partial charge on any atom is -0.497 e. The minimum absolute atomic E-state index is 0.0413. The molecule has 176 valence electrons. The largest absolute Gasteiger partial charge is 0.497 e. The number of para-hydroxylation sites is 1. The van der Waals surface area contributed by atoms with Crippen molar-refractivity contribution in [3.8, 4) is 11.4 Å². The number of rotatable bonds is 11. The molecular weight excluding hydrogens is 438 g/mol. The van der Waals surface area contributed by atoms with E-state index in [4.69, 9.17) is 21.3 Å². The molecule has 1 heterocycles. The van der Waals surface area contributed by atoms with Crippen molar-refractivity contribution in [3.63, 3.8) is 0 Å². The molecule has 1 amide bonds. The van der Waals surface area contributed by atoms with E-state index in [1.54, 1.807) is 17.7 Å². The molecule has 0 aliphatic heterocycles. The molecule has 2 aromatic carbocycles. The number of hydrogen-bond donors (Lipinski definition) is 0. The highest BCUT2D eigenvalue weighted by atomic mass is 35.5. The molecule has 1 aromatic heterocycles. The fraction of sp³-hybridized carbons (Fsp3) is 0.423. The smallest absolute Gasteiger partial charge is 0.266 e. The van der Waals surface area contributed by atoms with Gasteiger partial charge in [0.1, 0.15) is 11.6 Å². The summed E-state index contributed by atoms with van der Waals surface area (Å²) in [7, 11) is 1.61. The van der Waals surface area contributed by atoms with Gasteiger partial charge in [0, 0.05) is 18.8 Å². The third-order valence-electron chi connectivity index (χ3n) is 5.79. The van der Waals surface area contributed by atoms with E-state index < -0.39 is 0 Å². The van der Waals surface area contributed by atoms with Crippen LogP contribution in [0.4, 0.5) is 0 Å². The summed E-state index contributed by atoms with van der Waals surface area (Å²) in [6.45, 7) is 4.74. The van der Waals surface area contributed by atoms with Crippen LogP contribution in [0.25, 0.3) is 16.6 Å². The Kier molecular flexibility index (Phi) is 8.89. The van der Waals surface area contributed by atoms with Crippen LogP contribution in [0.5, 0.6) is 5.75 Å². The van der Waals surface area contributed by atoms with Crippen LogP contribution >= 0.6 is 11.6 Å². The van der Waals surface area contributed by atoms with Crippen LogP contribution < -0.4 is 10.3 Å². The normalized spacial score (nSPS) is 12.0. The molecule has 0 radical (unpaired) electrons. The molecule has 0 bridgehead atoms. The van der Waals surface area contributed by atoms with Gasteiger partial charge in [-0.25, -0.2) is 4.98 Å². The van der Waals surface area contributed by atoms with Crippen LogP contribution in [-0.2, 0) is 4.79 Å². The number of alkyl halides is 1. The number of ether oxygens (including phenoxy) is 1. The number of methoxy groups -OCH3 is 1. The Morgan fingerprint density at radius 2 is 1.85 bits per heavy atom. The van der Waals surface area contributed by atoms with Gasteiger partial charge in [-0.2, -0.15) is 0 Å². The lowest BCUT2D eigenvalue weighted by Gasteiger charge is -2.32. The number of halogens is 1. The van der Waals surface area contributed by atoms with Crippen molar-refractivity contribution in [2.24, 2.45) is 0 Å². The topological polar surface area (TPSA) is 64.4 Å². The summed E-state index contributed by atoms with van der Waals surface area (Å²) in [4.78, 5) is 33.7. The number of benzene rings is 2. The van der Waals surface area contributed by atoms with E-state index in [0.29, 0.717) is 59.9 Å². The Morgan fingerprint density at radius 1 is 1.12 bits per heavy atom. The molecule has 3 aromatic rings. The quantitative estimate of drug-likeness (QED) is 0.348. The molecule has 1 atom stereocenters. The van der Waals surface area contributed by atoms with Gasteiger partial charge in [-0.15, -0.1) is 11.6 Å². The van der Waals surface area contributed by atoms with Gasteiger partial charge in [0.2, 0.25) is 5.91 Å². The Labute approximate surface area is 200 Å². The van der Waals surface area contributed by atoms with E-state index in [1.165, 1.54) is 0 Å². The van der Waals surface area contributed by atoms with Crippen molar-refractivity contribution in [2.75, 3.05) is 19.5 Å². The lowest BCUT2D eigenvalue weighted by molar-refractivity contribution is -0.134. The van der Waals surface area contributed by atoms with Crippen LogP contribution in [0.15, 0.2) is 53.3 Å². The molecule has 0 aliphatic rings. The van der Waals surface area contributed by atoms with E-state index in [2.05, 4.69) is 6.92 Å². The first-order chi connectivity index (χ1) is 16.0. The zero-order chi connectivity index (χ0) is 23.8. The molecule has 7 heteroatoms. The van der Waals surface area contributed by atoms with E-state index >= 15 is 0 Å². The Bertz CT molecular complexity index is 1130. The van der Waals surface area contributed by atoms with E-state index in [1.807, 2.05) is 54.3 Å². The summed E-state index contributed by atoms with van der Waals surface area (Å²) in [6, 6.07) is 14.3. The number of fused-ring (bicyclic) bond motifs is 1. The molecule has 1 unspecified atom stereocenters. The second-order valence-electron chi connectivity index (χ2n) is 7.98. The van der Waals surface area contributed by atoms with Gasteiger partial charge >= 0.3 is 0 Å². The van der Waals surface area contributed by atoms with Gasteiger partial charge in [-0.05, 0) is 55.7 Å². The number of aromatic nitrogens is 2. The van der Waals surface area contributed by atoms with Crippen molar-refractivity contribution in [2.45, 2.75) is 52.0 Å². The summed E-state index contributed by atoms with van der Waals surface area (Å²) in [6.07, 6.45) is 3.48. The summed E-state index contributed by atoms with van der Waals surface area (Å²) in [5.74, 6) is 1.76. The molecule has 0 saturated carbocycles. The van der Waals surface area contributed by atoms with Gasteiger partial charge in [0.15, 0.2) is 0 Å². The van der Waals surface area contributed by atoms with Crippen molar-refractivity contribution in [3.05, 3.63) is 64.7 Å². The van der Waals surface area contributed by atoms with Crippen LogP contribution in [0.2, 0.25) is 0 Å². The maximum Gasteiger partial charge on any atom is 0.266 e. The third kappa shape index (κ3) is 5.56. The Morgan fingerprint density at radius 3 is 2.48 bits per heavy atom. The number of amides is 1. The molecular formula is C26H32ClN3O3. The van der Waals surface area contributed by atoms with Crippen molar-refractivity contribution >= 4 is 28.4 Å². The molecule has 0 saturated heterocycles. The lowest BCUT2D eigenvalue weighted by Crippen LogP contribution is -2.39. The summed E-state index contributed by atoms with van der Waals surface area (Å²) >= 11 is 5.86. The first-order valence-corrected chi connectivity index (χ1v) is 12.1. The van der Waals surface area contributed by atoms with Crippen molar-refractivity contribution in [1.82, 2.24) is 14.5 Å². The zero-order valence-corrected chi connectivity index (χ0v) is 20.3. The fourth-order valence-corrected chi connectivity index (χ4v) is 4.17. The maximum absolute atomic E-state index is 13.7. The summed E-state index contributed by atoms with van der Waals surface area (Å²) in [5.41, 5.74) is 1.17. The van der Waals surface area contributed by atoms with Gasteiger partial charge < -0.3 is 9.64 Å². The molecule has 0 aliphatic carbocycles. The molecule has 33 heavy (non-hydrogen) atoms. The van der Waals surface area contributed by atoms with Crippen molar-refractivity contribution < 1.29 is 9.53 Å². The van der Waals surface area contributed by atoms with Crippen LogP contribution in [-0.4, -0.2) is 39.9 Å². The summed E-state index contributed by atoms with van der Waals surface area (Å²) in [5, 5.41) is 0.542. The zero-order valence-electron chi connectivity index (χ0n) is 19.6. The number of nitrogens with zero attached hydrogens (tertiary/aromatic N) is 3. The monoisotopic (exact) mass is 469 g/mol. The molecule has 6 nitrogen and oxygen atoms in total. The average molecular weight is 470 g/mol. The SMILES string of the molecule is CCCCN(C(=O)CCCCl)C(CC)c1nc2ccccc2c(=O)n1-c1ccc(OC)cc1. The van der Waals surface area contributed by atoms with Crippen molar-refractivity contribution in [1.29, 1.82) is 0 Å². The molecule has 0 fully saturated rings. The van der Waals surface area contributed by atoms with Gasteiger partial charge in [0.05, 0.1) is 29.7 Å². The summed E-state index contributed by atoms with van der Waals surface area (Å²) < 4.78 is 6.93. The Balaban J connectivity index is 2.22. The fourth-order valence-electron chi connectivity index (χ4n) is 4.04. The predicted molar refractivity (Wildman–Crippen MR) is 133 cm³/mol. The van der Waals surface area contributed by atoms with Gasteiger partial charge in [0.25, 0.3) is 5.56 Å². The van der Waals surface area contributed by atoms with E-state index in [0.717, 1.165) is 12.8 Å². The second kappa shape index (κ2) is 11.8. The molecule has 0 N–H and O–H groups in total. The second-order valence-corrected chi connectivity index (χ2v) is 8.36. The Hall–Kier alpha value is -2.86. The maximum atomic E-state index is 13.7. The lowest BCUT2D eigenvalue weighted by atomic mass is 10.1. The van der Waals surface area contributed by atoms with Gasteiger partial charge in [-0.1, -0.05) is 32.4 Å². The van der Waals surface area contributed by atoms with E-state index in [-0.39, 0.29) is 17.5 Å². The number of carbonyl (C=O) groups is 1. The first-order valence-electron chi connectivity index (χ1n) is 11.6. The number of carbonyl (C=O) groups excluding carboxylic acids is 1. The van der Waals surface area contributed by atoms with E-state index in [9.17, 15) is 9.59 Å². The van der Waals surface area contributed by atoms with Crippen LogP contribution in [0.1, 0.15) is 57.8 Å². The van der Waals surface area contributed by atoms with Gasteiger partial charge in [-0.3, -0.25) is 14.2 Å². The molecule has 0 spiro atoms. The average Bonchev–Trinajstić information content (AvgIpc) is 2.85. The molecule has 3 rings (SSSR count). The number of unbranched alkanes of at least 4 members (excludes halogenated alkanes) is 1. The first kappa shape index (κ1) is 24.8. The predicted octanol–water partition coefficient (Wildman–Crippen LogP) is 5.49. The minimum atomic E-state index is -0.334. The third-order valence-corrected chi connectivity index (χ3v) is 6.06. The highest BCUT2D eigenvalue weighted by Gasteiger charge is 2.28.